The molecule has 0 saturated heterocycles. The van der Waals surface area contributed by atoms with E-state index in [4.69, 9.17) is 19.5 Å². The van der Waals surface area contributed by atoms with Gasteiger partial charge in [-0.2, -0.15) is 0 Å². The van der Waals surface area contributed by atoms with Gasteiger partial charge in [-0.3, -0.25) is 0 Å². The minimum Gasteiger partial charge on any atom is -0.455 e. The Labute approximate surface area is 282 Å². The molecule has 0 unspecified atom stereocenters. The van der Waals surface area contributed by atoms with Crippen molar-refractivity contribution in [3.8, 4) is 44.5 Å². The molecular formula is C44H28O. The minimum absolute atomic E-state index is 0.00693. The van der Waals surface area contributed by atoms with Crippen molar-refractivity contribution in [2.45, 2.75) is 0 Å². The molecule has 0 fully saturated rings. The highest BCUT2D eigenvalue weighted by molar-refractivity contribution is 6.23. The Bertz CT molecular complexity index is 3260. The third kappa shape index (κ3) is 4.17. The first-order valence-electron chi connectivity index (χ1n) is 21.7. The second-order valence-electron chi connectivity index (χ2n) is 10.5. The second-order valence-corrected chi connectivity index (χ2v) is 10.5. The van der Waals surface area contributed by atoms with Crippen molar-refractivity contribution in [2.75, 3.05) is 0 Å². The molecule has 1 heterocycles. The Morgan fingerprint density at radius 1 is 0.378 bits per heavy atom. The van der Waals surface area contributed by atoms with Crippen molar-refractivity contribution >= 4 is 43.5 Å². The molecule has 0 aliphatic rings. The molecule has 0 spiro atoms. The van der Waals surface area contributed by atoms with Gasteiger partial charge in [-0.05, 0) is 78.6 Å². The molecule has 9 aromatic rings. The predicted octanol–water partition coefficient (Wildman–Crippen LogP) is 12.6. The first kappa shape index (κ1) is 14.7. The van der Waals surface area contributed by atoms with Crippen LogP contribution in [0.4, 0.5) is 0 Å². The fraction of sp³-hybridized carbons (Fsp3) is 0. The topological polar surface area (TPSA) is 13.1 Å². The largest absolute Gasteiger partial charge is 0.455 e. The predicted molar refractivity (Wildman–Crippen MR) is 190 cm³/mol. The third-order valence-corrected chi connectivity index (χ3v) is 7.93. The summed E-state index contributed by atoms with van der Waals surface area (Å²) in [6.07, 6.45) is 0. The van der Waals surface area contributed by atoms with Crippen LogP contribution in [0.25, 0.3) is 88.0 Å². The van der Waals surface area contributed by atoms with E-state index in [-0.39, 0.29) is 50.7 Å². The molecule has 45 heavy (non-hydrogen) atoms. The summed E-state index contributed by atoms with van der Waals surface area (Å²) in [5.74, 6) is 0. The van der Waals surface area contributed by atoms with Crippen molar-refractivity contribution < 1.29 is 25.0 Å². The number of para-hydroxylation sites is 1. The lowest BCUT2D eigenvalue weighted by molar-refractivity contribution is 0.670. The lowest BCUT2D eigenvalue weighted by Crippen LogP contribution is -1.91. The van der Waals surface area contributed by atoms with Gasteiger partial charge in [-0.25, -0.2) is 0 Å². The molecule has 0 bridgehead atoms. The number of fused-ring (bicyclic) bond motifs is 5. The Kier molecular flexibility index (Phi) is 3.39. The lowest BCUT2D eigenvalue weighted by Gasteiger charge is -2.18. The zero-order chi connectivity index (χ0) is 42.8. The molecule has 0 radical (unpaired) electrons. The monoisotopic (exact) mass is 587 g/mol. The highest BCUT2D eigenvalue weighted by atomic mass is 16.3. The van der Waals surface area contributed by atoms with Crippen LogP contribution in [0.15, 0.2) is 174 Å². The molecule has 1 heteroatoms. The van der Waals surface area contributed by atoms with E-state index >= 15 is 0 Å². The van der Waals surface area contributed by atoms with E-state index in [1.54, 1.807) is 78.9 Å². The number of hydrogen-bond donors (Lipinski definition) is 0. The molecule has 1 nitrogen and oxygen atoms in total. The summed E-state index contributed by atoms with van der Waals surface area (Å²) in [7, 11) is 0. The fourth-order valence-corrected chi connectivity index (χ4v) is 5.99. The van der Waals surface area contributed by atoms with Gasteiger partial charge in [0.2, 0.25) is 0 Å². The van der Waals surface area contributed by atoms with Crippen LogP contribution in [0.5, 0.6) is 0 Å². The summed E-state index contributed by atoms with van der Waals surface area (Å²) in [6.45, 7) is 0. The zero-order valence-corrected chi connectivity index (χ0v) is 23.4. The fourth-order valence-electron chi connectivity index (χ4n) is 5.99. The van der Waals surface area contributed by atoms with Crippen LogP contribution in [0.2, 0.25) is 0 Å². The maximum Gasteiger partial charge on any atom is 0.143 e. The molecule has 0 atom stereocenters. The molecule has 0 saturated carbocycles. The normalized spacial score (nSPS) is 16.2. The van der Waals surface area contributed by atoms with Gasteiger partial charge in [0.25, 0.3) is 0 Å². The summed E-state index contributed by atoms with van der Waals surface area (Å²) in [6, 6.07) is 15.0. The quantitative estimate of drug-likeness (QED) is 0.187. The van der Waals surface area contributed by atoms with Crippen LogP contribution in [0, 0.1) is 0 Å². The van der Waals surface area contributed by atoms with Gasteiger partial charge in [0.15, 0.2) is 0 Å². The first-order valence-corrected chi connectivity index (χ1v) is 14.2. The Balaban J connectivity index is 1.44. The summed E-state index contributed by atoms with van der Waals surface area (Å²) >= 11 is 0. The molecule has 1 aromatic heterocycles. The van der Waals surface area contributed by atoms with E-state index in [2.05, 4.69) is 0 Å². The standard InChI is InChI=1S/C44H28O/c1-3-13-29(14-4-1)30-23-25-32(26-24-30)42-35-18-7-9-20-37(35)43(38-21-10-8-19-36(38)42)33-27-39(31-15-5-2-6-16-31)44-40(28-33)34-17-11-12-22-41(34)45-44/h1-28H/i1D,3D,4D,11D,12D,13D,14D,17D,22D,23D,24D,25D,26D,27D,28D. The highest BCUT2D eigenvalue weighted by Gasteiger charge is 2.20. The van der Waals surface area contributed by atoms with Gasteiger partial charge in [-0.1, -0.05) is 151 Å². The molecule has 8 aromatic carbocycles. The average Bonchev–Trinajstić information content (AvgIpc) is 3.65. The lowest BCUT2D eigenvalue weighted by atomic mass is 9.84. The average molecular weight is 588 g/mol. The van der Waals surface area contributed by atoms with E-state index in [1.807, 2.05) is 0 Å². The maximum absolute atomic E-state index is 9.86. The smallest absolute Gasteiger partial charge is 0.143 e. The van der Waals surface area contributed by atoms with Crippen molar-refractivity contribution in [2.24, 2.45) is 0 Å². The van der Waals surface area contributed by atoms with Crippen molar-refractivity contribution in [3.05, 3.63) is 169 Å². The highest BCUT2D eigenvalue weighted by Crippen LogP contribution is 2.46. The first-order chi connectivity index (χ1) is 28.6. The number of benzene rings is 8. The maximum atomic E-state index is 9.86. The Morgan fingerprint density at radius 2 is 0.911 bits per heavy atom. The number of furan rings is 1. The second kappa shape index (κ2) is 10.4. The van der Waals surface area contributed by atoms with Crippen molar-refractivity contribution in [1.82, 2.24) is 0 Å². The van der Waals surface area contributed by atoms with Crippen LogP contribution in [-0.2, 0) is 0 Å². The van der Waals surface area contributed by atoms with Gasteiger partial charge in [0.05, 0.1) is 20.6 Å². The SMILES string of the molecule is [2H]c1c([2H])c([2H])c(-c2c([2H])c([2H])c(-c3c4ccccc4c(-c4c([2H])c(-c5ccccc5)c5oc6c([2H])c([2H])c([2H])c([2H])c6c5c4[2H])c4ccccc34)c([2H])c2[2H])c([2H])c1[2H]. The molecule has 9 rings (SSSR count). The molecule has 0 amide bonds. The molecule has 0 aliphatic heterocycles. The molecule has 0 N–H and O–H groups in total. The van der Waals surface area contributed by atoms with E-state index in [0.29, 0.717) is 38.2 Å². The Hall–Kier alpha value is -5.92. The van der Waals surface area contributed by atoms with E-state index in [1.165, 1.54) is 0 Å². The van der Waals surface area contributed by atoms with Gasteiger partial charge in [-0.15, -0.1) is 0 Å². The summed E-state index contributed by atoms with van der Waals surface area (Å²) in [5, 5.41) is 1.87. The summed E-state index contributed by atoms with van der Waals surface area (Å²) in [4.78, 5) is 0. The van der Waals surface area contributed by atoms with Crippen LogP contribution >= 0.6 is 0 Å². The molecular weight excluding hydrogens is 544 g/mol. The zero-order valence-electron chi connectivity index (χ0n) is 38.4. The third-order valence-electron chi connectivity index (χ3n) is 7.93. The van der Waals surface area contributed by atoms with Gasteiger partial charge in [0.1, 0.15) is 11.2 Å². The van der Waals surface area contributed by atoms with Gasteiger partial charge < -0.3 is 4.42 Å². The van der Waals surface area contributed by atoms with E-state index < -0.39 is 89.7 Å². The Morgan fingerprint density at radius 3 is 1.58 bits per heavy atom. The van der Waals surface area contributed by atoms with Crippen LogP contribution in [-0.4, -0.2) is 0 Å². The van der Waals surface area contributed by atoms with E-state index in [9.17, 15) is 5.48 Å². The summed E-state index contributed by atoms with van der Waals surface area (Å²) in [5.41, 5.74) is 0.484. The van der Waals surface area contributed by atoms with Gasteiger partial charge in [0, 0.05) is 16.3 Å². The van der Waals surface area contributed by atoms with Crippen molar-refractivity contribution in [1.29, 1.82) is 0 Å². The van der Waals surface area contributed by atoms with E-state index in [0.717, 1.165) is 0 Å². The van der Waals surface area contributed by atoms with Gasteiger partial charge >= 0.3 is 0 Å². The number of hydrogen-bond acceptors (Lipinski definition) is 1. The van der Waals surface area contributed by atoms with Crippen LogP contribution in [0.1, 0.15) is 20.6 Å². The van der Waals surface area contributed by atoms with Crippen molar-refractivity contribution in [3.63, 3.8) is 0 Å². The summed E-state index contributed by atoms with van der Waals surface area (Å²) < 4.78 is 139. The molecule has 0 aliphatic carbocycles. The number of rotatable bonds is 4. The molecule has 210 valence electrons. The van der Waals surface area contributed by atoms with Crippen LogP contribution < -0.4 is 0 Å². The minimum atomic E-state index is -0.681. The van der Waals surface area contributed by atoms with Crippen LogP contribution in [0.3, 0.4) is 0 Å².